The van der Waals surface area contributed by atoms with Crippen LogP contribution in [0.5, 0.6) is 0 Å². The van der Waals surface area contributed by atoms with Crippen molar-refractivity contribution in [1.29, 1.82) is 0 Å². The van der Waals surface area contributed by atoms with Gasteiger partial charge in [0.2, 0.25) is 0 Å². The minimum atomic E-state index is -1.11. The van der Waals surface area contributed by atoms with E-state index in [2.05, 4.69) is 37.3 Å². The summed E-state index contributed by atoms with van der Waals surface area (Å²) in [4.78, 5) is 4.06. The zero-order chi connectivity index (χ0) is 10.9. The van der Waals surface area contributed by atoms with Gasteiger partial charge >= 0.3 is 97.9 Å². The Labute approximate surface area is 97.9 Å². The van der Waals surface area contributed by atoms with Crippen molar-refractivity contribution in [2.45, 2.75) is 34.7 Å². The summed E-state index contributed by atoms with van der Waals surface area (Å²) in [5.41, 5.74) is 1.49. The van der Waals surface area contributed by atoms with Gasteiger partial charge < -0.3 is 0 Å². The van der Waals surface area contributed by atoms with Crippen LogP contribution in [0.15, 0.2) is 30.3 Å². The summed E-state index contributed by atoms with van der Waals surface area (Å²) in [7, 11) is 0. The van der Waals surface area contributed by atoms with Crippen molar-refractivity contribution in [3.8, 4) is 0 Å². The van der Waals surface area contributed by atoms with Crippen LogP contribution >= 0.6 is 0 Å². The van der Waals surface area contributed by atoms with Crippen LogP contribution in [0.25, 0.3) is 0 Å². The first kappa shape index (κ1) is 12.9. The Kier molecular flexibility index (Phi) is 6.85. The number of rotatable bonds is 7. The number of alkyl halides is 1. The molecule has 0 aliphatic rings. The summed E-state index contributed by atoms with van der Waals surface area (Å²) >= 11 is -1.11. The van der Waals surface area contributed by atoms with Crippen LogP contribution in [0.3, 0.4) is 0 Å². The summed E-state index contributed by atoms with van der Waals surface area (Å²) in [6.45, 7) is 2.17. The topological polar surface area (TPSA) is 0 Å². The van der Waals surface area contributed by atoms with Gasteiger partial charge in [0.15, 0.2) is 0 Å². The first-order valence-electron chi connectivity index (χ1n) is 5.96. The Morgan fingerprint density at radius 1 is 1.13 bits per heavy atom. The number of halogens is 1. The van der Waals surface area contributed by atoms with Gasteiger partial charge in [0.25, 0.3) is 0 Å². The Morgan fingerprint density at radius 2 is 1.87 bits per heavy atom. The van der Waals surface area contributed by atoms with E-state index >= 15 is 0 Å². The van der Waals surface area contributed by atoms with Crippen LogP contribution in [0, 0.1) is 0 Å². The van der Waals surface area contributed by atoms with Gasteiger partial charge in [0.05, 0.1) is 0 Å². The van der Waals surface area contributed by atoms with Crippen LogP contribution in [0.2, 0.25) is 9.95 Å². The van der Waals surface area contributed by atoms with Gasteiger partial charge in [-0.25, -0.2) is 0 Å². The molecule has 0 amide bonds. The van der Waals surface area contributed by atoms with Gasteiger partial charge in [0.1, 0.15) is 0 Å². The molecule has 0 saturated heterocycles. The van der Waals surface area contributed by atoms with E-state index < -0.39 is 16.2 Å². The molecule has 1 aromatic carbocycles. The van der Waals surface area contributed by atoms with Gasteiger partial charge in [-0.15, -0.1) is 0 Å². The van der Waals surface area contributed by atoms with E-state index in [1.54, 1.807) is 0 Å². The van der Waals surface area contributed by atoms with Gasteiger partial charge in [-0.1, -0.05) is 0 Å². The third-order valence-electron chi connectivity index (χ3n) is 2.94. The first-order chi connectivity index (χ1) is 7.36. The number of hydrogen-bond donors (Lipinski definition) is 0. The van der Waals surface area contributed by atoms with Gasteiger partial charge in [-0.2, -0.15) is 0 Å². The molecule has 0 heterocycles. The normalized spacial score (nSPS) is 10.3. The zero-order valence-electron chi connectivity index (χ0n) is 9.58. The molecule has 0 N–H and O–H groups in total. The van der Waals surface area contributed by atoms with Crippen molar-refractivity contribution in [2.75, 3.05) is 6.67 Å². The Morgan fingerprint density at radius 3 is 2.47 bits per heavy atom. The van der Waals surface area contributed by atoms with E-state index in [4.69, 9.17) is 0 Å². The minimum absolute atomic E-state index is 0.135. The predicted octanol–water partition coefficient (Wildman–Crippen LogP) is 4.03. The summed E-state index contributed by atoms with van der Waals surface area (Å²) in [6, 6.07) is 10.8. The summed E-state index contributed by atoms with van der Waals surface area (Å²) < 4.78 is 12.0. The van der Waals surface area contributed by atoms with Gasteiger partial charge in [0, 0.05) is 0 Å². The molecule has 0 aromatic heterocycles. The molecule has 0 saturated carbocycles. The molecule has 0 aliphatic heterocycles. The van der Waals surface area contributed by atoms with E-state index in [1.165, 1.54) is 20.5 Å². The van der Waals surface area contributed by atoms with Gasteiger partial charge in [-0.3, -0.25) is 0 Å². The van der Waals surface area contributed by atoms with E-state index in [1.807, 2.05) is 0 Å². The molecule has 0 unspecified atom stereocenters. The van der Waals surface area contributed by atoms with Crippen LogP contribution in [0.4, 0.5) is 4.39 Å². The fraction of sp³-hybridized carbons (Fsp3) is 0.538. The second-order valence-electron chi connectivity index (χ2n) is 4.15. The molecular weight excluding hydrogens is 245 g/mol. The average Bonchev–Trinajstić information content (AvgIpc) is 2.29. The standard InChI is InChI=1S/C7H7.C4H8F.C2H5.Ga/c1-7-5-3-2-4-6-7;1-2-3-4-5;1-2;/h2-6H,1H2;1-4H2;1H2,2H3;. The van der Waals surface area contributed by atoms with Crippen molar-refractivity contribution in [2.24, 2.45) is 0 Å². The van der Waals surface area contributed by atoms with Crippen LogP contribution < -0.4 is 0 Å². The van der Waals surface area contributed by atoms with E-state index in [0.717, 1.165) is 12.8 Å². The summed E-state index contributed by atoms with van der Waals surface area (Å²) in [5.74, 6) is 0. The molecule has 2 heteroatoms. The quantitative estimate of drug-likeness (QED) is 0.515. The molecule has 1 aromatic rings. The second kappa shape index (κ2) is 8.00. The van der Waals surface area contributed by atoms with Gasteiger partial charge in [-0.05, 0) is 0 Å². The van der Waals surface area contributed by atoms with Crippen LogP contribution in [0.1, 0.15) is 25.3 Å². The predicted molar refractivity (Wildman–Crippen MR) is 66.4 cm³/mol. The molecule has 0 bridgehead atoms. The molecule has 0 nitrogen and oxygen atoms in total. The molecule has 0 spiro atoms. The maximum absolute atomic E-state index is 12.0. The van der Waals surface area contributed by atoms with Crippen molar-refractivity contribution in [1.82, 2.24) is 0 Å². The fourth-order valence-corrected chi connectivity index (χ4v) is 7.60. The Hall–Kier alpha value is -0.214. The van der Waals surface area contributed by atoms with Crippen LogP contribution in [-0.4, -0.2) is 22.9 Å². The molecule has 0 aliphatic carbocycles. The third kappa shape index (κ3) is 5.43. The Bertz CT molecular complexity index is 248. The molecule has 0 fully saturated rings. The molecular formula is C13H20FGa. The summed E-state index contributed by atoms with van der Waals surface area (Å²) in [6.07, 6.45) is 1.89. The van der Waals surface area contributed by atoms with Crippen molar-refractivity contribution in [3.05, 3.63) is 35.9 Å². The average molecular weight is 265 g/mol. The van der Waals surface area contributed by atoms with E-state index in [9.17, 15) is 4.39 Å². The molecule has 1 rings (SSSR count). The molecule has 0 radical (unpaired) electrons. The van der Waals surface area contributed by atoms with Crippen molar-refractivity contribution < 1.29 is 4.39 Å². The van der Waals surface area contributed by atoms with Crippen molar-refractivity contribution >= 4 is 16.2 Å². The molecule has 15 heavy (non-hydrogen) atoms. The van der Waals surface area contributed by atoms with Crippen molar-refractivity contribution in [3.63, 3.8) is 0 Å². The SMILES string of the molecule is C[CH2][Ga]([CH2]CCCF)[CH2]c1ccccc1. The number of unbranched alkanes of at least 4 members (excludes halogenated alkanes) is 1. The maximum atomic E-state index is 12.0. The third-order valence-corrected chi connectivity index (χ3v) is 10.1. The van der Waals surface area contributed by atoms with E-state index in [0.29, 0.717) is 0 Å². The first-order valence-corrected chi connectivity index (χ1v) is 11.1. The second-order valence-corrected chi connectivity index (χ2v) is 11.6. The number of benzene rings is 1. The summed E-state index contributed by atoms with van der Waals surface area (Å²) in [5, 5.41) is 0. The fourth-order valence-electron chi connectivity index (χ4n) is 1.93. The molecule has 0 atom stereocenters. The number of hydrogen-bond acceptors (Lipinski definition) is 0. The van der Waals surface area contributed by atoms with Crippen LogP contribution in [-0.2, 0) is 4.98 Å². The monoisotopic (exact) mass is 264 g/mol. The molecule has 82 valence electrons. The zero-order valence-corrected chi connectivity index (χ0v) is 12.0. The van der Waals surface area contributed by atoms with E-state index in [-0.39, 0.29) is 6.67 Å². The Balaban J connectivity index is 2.33.